The summed E-state index contributed by atoms with van der Waals surface area (Å²) in [5.41, 5.74) is -7.19. The van der Waals surface area contributed by atoms with E-state index in [2.05, 4.69) is 0 Å². The molecule has 9 unspecified atom stereocenters. The molecule has 0 aromatic rings. The predicted molar refractivity (Wildman–Crippen MR) is 109 cm³/mol. The van der Waals surface area contributed by atoms with Crippen LogP contribution in [0.25, 0.3) is 0 Å². The maximum atomic E-state index is 17.0. The Morgan fingerprint density at radius 3 is 2.48 bits per heavy atom. The number of carbonyl (C=O) groups is 2. The predicted octanol–water partition coefficient (Wildman–Crippen LogP) is 1.59. The second-order valence-electron chi connectivity index (χ2n) is 9.96. The third kappa shape index (κ3) is 2.63. The molecule has 0 aromatic heterocycles. The van der Waals surface area contributed by atoms with Crippen LogP contribution in [0, 0.1) is 28.6 Å². The van der Waals surface area contributed by atoms with Crippen LogP contribution in [0.5, 0.6) is 0 Å². The minimum absolute atomic E-state index is 0. The monoisotopic (exact) mass is 462 g/mol. The number of Topliss-reactive ketones (excluding diaryl/α,β-unsaturated/α-hetero) is 1. The summed E-state index contributed by atoms with van der Waals surface area (Å²) < 4.78 is 32.3. The lowest BCUT2D eigenvalue weighted by Gasteiger charge is -2.63. The molecule has 0 spiro atoms. The van der Waals surface area contributed by atoms with Crippen molar-refractivity contribution in [3.8, 4) is 0 Å². The van der Waals surface area contributed by atoms with E-state index in [1.165, 1.54) is 13.0 Å². The Morgan fingerprint density at radius 1 is 1.29 bits per heavy atom. The maximum Gasteiger partial charge on any atom is 0.196 e. The van der Waals surface area contributed by atoms with E-state index in [0.717, 1.165) is 6.08 Å². The van der Waals surface area contributed by atoms with Gasteiger partial charge in [-0.15, -0.1) is 0 Å². The van der Waals surface area contributed by atoms with E-state index in [1.54, 1.807) is 13.8 Å². The number of fused-ring (bicyclic) bond motifs is 5. The van der Waals surface area contributed by atoms with E-state index in [1.807, 2.05) is 0 Å². The van der Waals surface area contributed by atoms with Gasteiger partial charge in [-0.25, -0.2) is 8.78 Å². The lowest BCUT2D eigenvalue weighted by molar-refractivity contribution is -0.223. The average Bonchev–Trinajstić information content (AvgIpc) is 2.87. The summed E-state index contributed by atoms with van der Waals surface area (Å²) in [6.07, 6.45) is -1.28. The van der Waals surface area contributed by atoms with Gasteiger partial charge in [0, 0.05) is 16.7 Å². The summed E-state index contributed by atoms with van der Waals surface area (Å²) in [7, 11) is 0. The van der Waals surface area contributed by atoms with Crippen LogP contribution in [0.1, 0.15) is 40.0 Å². The highest BCUT2D eigenvalue weighted by atomic mass is 35.5. The third-order valence-electron chi connectivity index (χ3n) is 8.84. The summed E-state index contributed by atoms with van der Waals surface area (Å²) in [5.74, 6) is -3.59. The molecule has 0 radical (unpaired) electrons. The molecule has 0 saturated heterocycles. The number of carbonyl (C=O) groups excluding carboxylic acids is 2. The molecular weight excluding hydrogens is 434 g/mol. The third-order valence-corrected chi connectivity index (χ3v) is 9.13. The number of rotatable bonds is 2. The van der Waals surface area contributed by atoms with Crippen molar-refractivity contribution in [1.82, 2.24) is 0 Å². The first-order valence-corrected chi connectivity index (χ1v) is 10.7. The van der Waals surface area contributed by atoms with Crippen molar-refractivity contribution < 1.29 is 39.2 Å². The van der Waals surface area contributed by atoms with Crippen LogP contribution in [0.3, 0.4) is 0 Å². The first kappa shape index (κ1) is 24.5. The second kappa shape index (κ2) is 7.15. The standard InChI is InChI=1S/C22H27ClF2O5.H2O/c1-10-4-11-12-5-15(24)13-6-16(27)14(23)7-19(13,2)21(12,25)17(28)8-20(11,3)22(10,30)18(29)9-26;/h6-7,10-12,15,17,26,28,30H,4-5,8-9H2,1-3H3;1H2. The molecule has 4 aliphatic rings. The SMILES string of the molecule is CC1CC2C3CC(F)C4=CC(=O)C(Cl)=CC4(C)C3(F)C(O)CC2(C)C1(O)C(=O)CO.O. The van der Waals surface area contributed by atoms with Gasteiger partial charge in [0.2, 0.25) is 0 Å². The number of aliphatic hydroxyl groups excluding tert-OH is 2. The van der Waals surface area contributed by atoms with Crippen molar-refractivity contribution in [1.29, 1.82) is 0 Å². The van der Waals surface area contributed by atoms with E-state index in [-0.39, 0.29) is 35.3 Å². The van der Waals surface area contributed by atoms with Crippen molar-refractivity contribution in [3.63, 3.8) is 0 Å². The Morgan fingerprint density at radius 2 is 1.90 bits per heavy atom. The normalized spacial score (nSPS) is 51.0. The molecule has 4 aliphatic carbocycles. The van der Waals surface area contributed by atoms with Crippen LogP contribution in [0.15, 0.2) is 22.8 Å². The van der Waals surface area contributed by atoms with Gasteiger partial charge in [-0.3, -0.25) is 9.59 Å². The van der Waals surface area contributed by atoms with Gasteiger partial charge in [-0.2, -0.15) is 0 Å². The van der Waals surface area contributed by atoms with Gasteiger partial charge in [0.1, 0.15) is 18.4 Å². The highest BCUT2D eigenvalue weighted by molar-refractivity contribution is 6.44. The van der Waals surface area contributed by atoms with Crippen LogP contribution in [0.2, 0.25) is 0 Å². The average molecular weight is 463 g/mol. The van der Waals surface area contributed by atoms with Crippen molar-refractivity contribution in [2.75, 3.05) is 6.61 Å². The number of hydrogen-bond donors (Lipinski definition) is 3. The van der Waals surface area contributed by atoms with Crippen LogP contribution in [-0.4, -0.2) is 62.5 Å². The van der Waals surface area contributed by atoms with Gasteiger partial charge >= 0.3 is 0 Å². The molecule has 174 valence electrons. The van der Waals surface area contributed by atoms with Crippen molar-refractivity contribution in [3.05, 3.63) is 22.8 Å². The molecule has 9 atom stereocenters. The summed E-state index contributed by atoms with van der Waals surface area (Å²) in [5, 5.41) is 31.7. The molecule has 3 saturated carbocycles. The van der Waals surface area contributed by atoms with E-state index < -0.39 is 70.3 Å². The fourth-order valence-corrected chi connectivity index (χ4v) is 7.58. The molecule has 0 bridgehead atoms. The molecule has 0 aliphatic heterocycles. The first-order chi connectivity index (χ1) is 13.8. The fraction of sp³-hybridized carbons (Fsp3) is 0.727. The smallest absolute Gasteiger partial charge is 0.196 e. The van der Waals surface area contributed by atoms with Gasteiger partial charge in [-0.05, 0) is 55.7 Å². The highest BCUT2D eigenvalue weighted by Gasteiger charge is 2.76. The molecule has 31 heavy (non-hydrogen) atoms. The minimum Gasteiger partial charge on any atom is -0.412 e. The molecule has 6 nitrogen and oxygen atoms in total. The molecular formula is C22H29ClF2O6. The maximum absolute atomic E-state index is 17.0. The molecule has 3 fully saturated rings. The van der Waals surface area contributed by atoms with Gasteiger partial charge in [0.15, 0.2) is 17.2 Å². The van der Waals surface area contributed by atoms with Gasteiger partial charge in [0.05, 0.1) is 11.1 Å². The summed E-state index contributed by atoms with van der Waals surface area (Å²) >= 11 is 6.02. The molecule has 5 N–H and O–H groups in total. The van der Waals surface area contributed by atoms with Crippen molar-refractivity contribution in [2.24, 2.45) is 28.6 Å². The quantitative estimate of drug-likeness (QED) is 0.574. The number of hydrogen-bond acceptors (Lipinski definition) is 5. The fourth-order valence-electron chi connectivity index (χ4n) is 7.31. The zero-order valence-electron chi connectivity index (χ0n) is 17.7. The topological polar surface area (TPSA) is 126 Å². The Balaban J connectivity index is 0.00000272. The zero-order chi connectivity index (χ0) is 22.4. The van der Waals surface area contributed by atoms with Crippen molar-refractivity contribution in [2.45, 2.75) is 63.6 Å². The van der Waals surface area contributed by atoms with Crippen molar-refractivity contribution >= 4 is 23.2 Å². The highest BCUT2D eigenvalue weighted by Crippen LogP contribution is 2.71. The Hall–Kier alpha value is -1.19. The van der Waals surface area contributed by atoms with E-state index in [0.29, 0.717) is 0 Å². The molecule has 0 aromatic carbocycles. The Kier molecular flexibility index (Phi) is 5.64. The van der Waals surface area contributed by atoms with E-state index >= 15 is 8.78 Å². The first-order valence-electron chi connectivity index (χ1n) is 10.3. The summed E-state index contributed by atoms with van der Waals surface area (Å²) in [6, 6.07) is 0. The van der Waals surface area contributed by atoms with Crippen LogP contribution in [0.4, 0.5) is 8.78 Å². The van der Waals surface area contributed by atoms with Crippen LogP contribution >= 0.6 is 11.6 Å². The van der Waals surface area contributed by atoms with E-state index in [9.17, 15) is 24.9 Å². The van der Waals surface area contributed by atoms with Crippen LogP contribution in [-0.2, 0) is 9.59 Å². The van der Waals surface area contributed by atoms with Gasteiger partial charge in [-0.1, -0.05) is 25.4 Å². The molecule has 9 heteroatoms. The Bertz CT molecular complexity index is 891. The second-order valence-corrected chi connectivity index (χ2v) is 10.4. The van der Waals surface area contributed by atoms with E-state index in [4.69, 9.17) is 11.6 Å². The minimum atomic E-state index is -2.33. The summed E-state index contributed by atoms with van der Waals surface area (Å²) in [6.45, 7) is 3.84. The number of ketones is 2. The number of allylic oxidation sites excluding steroid dienone is 4. The Labute approximate surface area is 184 Å². The number of alkyl halides is 2. The molecule has 0 amide bonds. The number of halogens is 3. The zero-order valence-corrected chi connectivity index (χ0v) is 18.4. The van der Waals surface area contributed by atoms with Gasteiger partial charge < -0.3 is 20.8 Å². The largest absolute Gasteiger partial charge is 0.412 e. The lowest BCUT2D eigenvalue weighted by Crippen LogP contribution is -2.70. The molecule has 4 rings (SSSR count). The van der Waals surface area contributed by atoms with Gasteiger partial charge in [0.25, 0.3) is 0 Å². The lowest BCUT2D eigenvalue weighted by atomic mass is 9.44. The number of aliphatic hydroxyl groups is 3. The van der Waals surface area contributed by atoms with Crippen LogP contribution < -0.4 is 0 Å². The molecule has 0 heterocycles. The summed E-state index contributed by atoms with van der Waals surface area (Å²) in [4.78, 5) is 24.6.